The van der Waals surface area contributed by atoms with Gasteiger partial charge in [-0.2, -0.15) is 0 Å². The van der Waals surface area contributed by atoms with Gasteiger partial charge < -0.3 is 39.6 Å². The van der Waals surface area contributed by atoms with Gasteiger partial charge >= 0.3 is 15.6 Å². The molecule has 5 aliphatic rings. The molecule has 7 heterocycles. The predicted octanol–water partition coefficient (Wildman–Crippen LogP) is -3.54. The van der Waals surface area contributed by atoms with E-state index in [2.05, 4.69) is 30.6 Å². The molecule has 2 aromatic rings. The van der Waals surface area contributed by atoms with Gasteiger partial charge in [-0.3, -0.25) is 48.3 Å². The van der Waals surface area contributed by atoms with E-state index in [0.29, 0.717) is 0 Å². The quantitative estimate of drug-likeness (QED) is 0.151. The van der Waals surface area contributed by atoms with Crippen molar-refractivity contribution >= 4 is 39.1 Å². The van der Waals surface area contributed by atoms with Crippen molar-refractivity contribution in [1.82, 2.24) is 35.1 Å². The number of nitrogens with zero attached hydrogens (tertiary/aromatic N) is 5. The average molecular weight is 681 g/mol. The summed E-state index contributed by atoms with van der Waals surface area (Å²) in [6, 6.07) is -1.03. The third kappa shape index (κ3) is 5.52. The number of aliphatic imine (C=N–C) groups is 1. The molecule has 2 bridgehead atoms. The number of aromatic amines is 1. The number of fused-ring (bicyclic) bond motifs is 5. The number of aliphatic hydroxyl groups is 1. The van der Waals surface area contributed by atoms with Crippen LogP contribution in [-0.2, 0) is 41.5 Å². The van der Waals surface area contributed by atoms with E-state index >= 15 is 4.39 Å². The molecule has 4 fully saturated rings. The second-order valence-corrected chi connectivity index (χ2v) is 13.4. The molecule has 0 aromatic carbocycles. The van der Waals surface area contributed by atoms with Crippen molar-refractivity contribution in [2.45, 2.75) is 67.6 Å². The number of aliphatic hydroxyl groups excluding tert-OH is 1. The molecule has 5 aliphatic heterocycles. The van der Waals surface area contributed by atoms with Crippen molar-refractivity contribution in [3.63, 3.8) is 0 Å². The molecular formula is C20H26FN9O13P2. The molecule has 13 atom stereocenters. The van der Waals surface area contributed by atoms with E-state index in [1.165, 1.54) is 4.90 Å². The highest BCUT2D eigenvalue weighted by Gasteiger charge is 2.57. The van der Waals surface area contributed by atoms with Gasteiger partial charge in [0.05, 0.1) is 32.2 Å². The fourth-order valence-corrected chi connectivity index (χ4v) is 7.58. The molecule has 0 radical (unpaired) electrons. The Morgan fingerprint density at radius 2 is 1.71 bits per heavy atom. The minimum atomic E-state index is -5.18. The van der Waals surface area contributed by atoms with Gasteiger partial charge in [-0.05, 0) is 0 Å². The number of rotatable bonds is 2. The highest BCUT2D eigenvalue weighted by molar-refractivity contribution is 7.47. The van der Waals surface area contributed by atoms with Crippen LogP contribution in [0.4, 0.5) is 4.39 Å². The van der Waals surface area contributed by atoms with Crippen LogP contribution in [0, 0.1) is 0 Å². The number of hydrogen-bond donors (Lipinski definition) is 7. The Morgan fingerprint density at radius 1 is 1.02 bits per heavy atom. The van der Waals surface area contributed by atoms with Crippen LogP contribution in [0.15, 0.2) is 22.4 Å². The van der Waals surface area contributed by atoms with Crippen LogP contribution in [0.2, 0.25) is 0 Å². The molecule has 4 saturated heterocycles. The van der Waals surface area contributed by atoms with Crippen molar-refractivity contribution in [1.29, 1.82) is 0 Å². The number of amides is 1. The van der Waals surface area contributed by atoms with Crippen molar-refractivity contribution in [2.24, 2.45) is 10.7 Å². The summed E-state index contributed by atoms with van der Waals surface area (Å²) >= 11 is 0. The maximum Gasteiger partial charge on any atom is 0.472 e. The normalized spacial score (nSPS) is 45.4. The lowest BCUT2D eigenvalue weighted by Gasteiger charge is -2.39. The number of phosphoric acid groups is 2. The van der Waals surface area contributed by atoms with Crippen LogP contribution in [0.25, 0.3) is 11.2 Å². The molecule has 0 spiro atoms. The number of phosphoric ester groups is 2. The Balaban J connectivity index is 1.16. The number of alkyl halides is 1. The van der Waals surface area contributed by atoms with E-state index in [0.717, 1.165) is 23.6 Å². The molecule has 8 N–H and O–H groups in total. The summed E-state index contributed by atoms with van der Waals surface area (Å²) in [5.74, 6) is -0.549. The number of H-pyrrole nitrogens is 1. The zero-order chi connectivity index (χ0) is 31.8. The molecule has 25 heteroatoms. The highest BCUT2D eigenvalue weighted by atomic mass is 31.2. The van der Waals surface area contributed by atoms with E-state index in [1.807, 2.05) is 0 Å². The summed E-state index contributed by atoms with van der Waals surface area (Å²) in [6.07, 6.45) is -12.4. The molecule has 2 aromatic heterocycles. The summed E-state index contributed by atoms with van der Waals surface area (Å²) in [4.78, 5) is 61.2. The topological polar surface area (TPSA) is 297 Å². The fourth-order valence-electron chi connectivity index (χ4n) is 5.69. The standard InChI is InChI=1S/C20H26FN9O13P2/c21-8-6-1-38-44(34,35)42-12-7(41-18(11(12)31)29-4-25-9-14(29)23-3-24-16(9)32)2-39-45(36,37)43-13(8)19(40-6)30-5-26-10-15(30)27-20(22)28-17(10)33/h3-8,10-13,15,18-20,27,31H,1-2,22H2,(H,28,33)(H,34,35)(H,36,37)(H,23,24,32)/t6-,7-,8-,10?,11-,12-,13-,15?,18-,19-,20?/m1/s1. The number of aromatic nitrogens is 4. The number of hydrogen-bond acceptors (Lipinski definition) is 17. The molecule has 5 unspecified atom stereocenters. The van der Waals surface area contributed by atoms with E-state index in [4.69, 9.17) is 33.3 Å². The van der Waals surface area contributed by atoms with Crippen molar-refractivity contribution < 1.29 is 60.8 Å². The Hall–Kier alpha value is -2.76. The molecule has 0 saturated carbocycles. The van der Waals surface area contributed by atoms with Gasteiger partial charge in [-0.1, -0.05) is 0 Å². The molecule has 22 nitrogen and oxygen atoms in total. The van der Waals surface area contributed by atoms with Gasteiger partial charge in [0.25, 0.3) is 11.5 Å². The van der Waals surface area contributed by atoms with Gasteiger partial charge in [-0.25, -0.2) is 23.5 Å². The predicted molar refractivity (Wildman–Crippen MR) is 140 cm³/mol. The Morgan fingerprint density at radius 3 is 2.47 bits per heavy atom. The van der Waals surface area contributed by atoms with Crippen LogP contribution in [0.3, 0.4) is 0 Å². The number of nitrogens with two attached hydrogens (primary N) is 1. The minimum Gasteiger partial charge on any atom is -0.386 e. The first-order chi connectivity index (χ1) is 21.3. The average Bonchev–Trinajstić information content (AvgIpc) is 3.72. The largest absolute Gasteiger partial charge is 0.472 e. The summed E-state index contributed by atoms with van der Waals surface area (Å²) in [6.45, 7) is -1.82. The number of imidazole rings is 1. The first-order valence-electron chi connectivity index (χ1n) is 13.3. The molecule has 7 rings (SSSR count). The highest BCUT2D eigenvalue weighted by Crippen LogP contribution is 2.53. The lowest BCUT2D eigenvalue weighted by molar-refractivity contribution is -0.130. The Kier molecular flexibility index (Phi) is 7.68. The van der Waals surface area contributed by atoms with Crippen molar-refractivity contribution in [3.8, 4) is 0 Å². The minimum absolute atomic E-state index is 0.0237. The fraction of sp³-hybridized carbons (Fsp3) is 0.650. The zero-order valence-electron chi connectivity index (χ0n) is 22.5. The lowest BCUT2D eigenvalue weighted by atomic mass is 10.1. The monoisotopic (exact) mass is 681 g/mol. The Labute approximate surface area is 249 Å². The van der Waals surface area contributed by atoms with E-state index in [1.54, 1.807) is 0 Å². The molecule has 1 amide bonds. The van der Waals surface area contributed by atoms with Crippen molar-refractivity contribution in [2.75, 3.05) is 13.2 Å². The number of ether oxygens (including phenoxy) is 2. The van der Waals surface area contributed by atoms with Crippen LogP contribution in [0.1, 0.15) is 6.23 Å². The maximum atomic E-state index is 15.7. The third-order valence-corrected chi connectivity index (χ3v) is 9.69. The van der Waals surface area contributed by atoms with Crippen LogP contribution < -0.4 is 21.9 Å². The number of carbonyl (C=O) groups is 1. The van der Waals surface area contributed by atoms with E-state index < -0.39 is 108 Å². The number of carbonyl (C=O) groups excluding carboxylic acids is 1. The van der Waals surface area contributed by atoms with Crippen LogP contribution in [-0.4, -0.2) is 126 Å². The Bertz CT molecular complexity index is 1680. The van der Waals surface area contributed by atoms with Gasteiger partial charge in [0.1, 0.15) is 43.0 Å². The van der Waals surface area contributed by atoms with E-state index in [-0.39, 0.29) is 11.2 Å². The van der Waals surface area contributed by atoms with Gasteiger partial charge in [0.2, 0.25) is 0 Å². The summed E-state index contributed by atoms with van der Waals surface area (Å²) < 4.78 is 75.0. The summed E-state index contributed by atoms with van der Waals surface area (Å²) in [5, 5.41) is 16.3. The van der Waals surface area contributed by atoms with Crippen molar-refractivity contribution in [3.05, 3.63) is 23.0 Å². The zero-order valence-corrected chi connectivity index (χ0v) is 24.3. The van der Waals surface area contributed by atoms with Gasteiger partial charge in [0, 0.05) is 0 Å². The van der Waals surface area contributed by atoms with Gasteiger partial charge in [0.15, 0.2) is 35.8 Å². The van der Waals surface area contributed by atoms with Crippen LogP contribution >= 0.6 is 15.6 Å². The smallest absolute Gasteiger partial charge is 0.386 e. The summed E-state index contributed by atoms with van der Waals surface area (Å²) in [5.41, 5.74) is 5.07. The first kappa shape index (κ1) is 30.9. The molecular weight excluding hydrogens is 655 g/mol. The van der Waals surface area contributed by atoms with Crippen LogP contribution in [0.5, 0.6) is 0 Å². The second-order valence-electron chi connectivity index (χ2n) is 10.5. The SMILES string of the molecule is NC1NC(=O)C2N=CN([C@@H]3O[C@@H]4COP(=O)(O)O[C@H]5[C@@H](O)[C@H](n6cnc7c(=O)[nH]cnc76)O[C@@H]5COP(=O)(O)O[C@@H]3[C@@H]4F)C2N1. The number of halogens is 1. The second kappa shape index (κ2) is 11.2. The third-order valence-electron chi connectivity index (χ3n) is 7.72. The van der Waals surface area contributed by atoms with Gasteiger partial charge in [-0.15, -0.1) is 0 Å². The lowest BCUT2D eigenvalue weighted by Crippen LogP contribution is -2.70. The van der Waals surface area contributed by atoms with E-state index in [9.17, 15) is 33.6 Å². The number of nitrogens with one attached hydrogen (secondary N) is 3. The summed E-state index contributed by atoms with van der Waals surface area (Å²) in [7, 11) is -10.3. The molecule has 246 valence electrons. The maximum absolute atomic E-state index is 15.7. The first-order valence-corrected chi connectivity index (χ1v) is 16.3. The molecule has 45 heavy (non-hydrogen) atoms. The molecule has 0 aliphatic carbocycles.